The van der Waals surface area contributed by atoms with Crippen LogP contribution in [0.4, 0.5) is 17.2 Å². The van der Waals surface area contributed by atoms with Gasteiger partial charge in [0.1, 0.15) is 5.82 Å². The molecule has 0 bridgehead atoms. The number of benzene rings is 1. The molecule has 2 aromatic rings. The number of pyridine rings is 1. The maximum Gasteiger partial charge on any atom is 0.224 e. The number of carbonyl (C=O) groups excluding carboxylic acids is 1. The molecule has 4 heteroatoms. The lowest BCUT2D eigenvalue weighted by Gasteiger charge is -2.09. The van der Waals surface area contributed by atoms with Crippen LogP contribution in [0.1, 0.15) is 37.3 Å². The summed E-state index contributed by atoms with van der Waals surface area (Å²) in [7, 11) is 0. The van der Waals surface area contributed by atoms with Crippen molar-refractivity contribution in [2.75, 3.05) is 10.6 Å². The van der Waals surface area contributed by atoms with E-state index in [0.717, 1.165) is 30.0 Å². The number of hydrogen-bond acceptors (Lipinski definition) is 3. The molecule has 1 heterocycles. The number of nitrogens with zero attached hydrogens (tertiary/aromatic N) is 1. The van der Waals surface area contributed by atoms with E-state index in [4.69, 9.17) is 0 Å². The van der Waals surface area contributed by atoms with Gasteiger partial charge in [-0.25, -0.2) is 4.98 Å². The Hall–Kier alpha value is -2.36. The largest absolute Gasteiger partial charge is 0.340 e. The van der Waals surface area contributed by atoms with Crippen LogP contribution in [-0.4, -0.2) is 10.9 Å². The Morgan fingerprint density at radius 2 is 1.86 bits per heavy atom. The molecule has 4 nitrogen and oxygen atoms in total. The number of carbonyl (C=O) groups is 1. The lowest BCUT2D eigenvalue weighted by atomic mass is 10.1. The predicted molar refractivity (Wildman–Crippen MR) is 91.6 cm³/mol. The van der Waals surface area contributed by atoms with Crippen LogP contribution in [0.2, 0.25) is 0 Å². The molecular formula is C18H23N3O. The molecule has 116 valence electrons. The summed E-state index contributed by atoms with van der Waals surface area (Å²) in [5.74, 6) is 0.799. The Labute approximate surface area is 132 Å². The van der Waals surface area contributed by atoms with Crippen molar-refractivity contribution in [3.63, 3.8) is 0 Å². The summed E-state index contributed by atoms with van der Waals surface area (Å²) in [5, 5.41) is 6.12. The van der Waals surface area contributed by atoms with Gasteiger partial charge in [0.25, 0.3) is 0 Å². The quantitative estimate of drug-likeness (QED) is 0.821. The molecule has 0 atom stereocenters. The molecule has 0 saturated carbocycles. The van der Waals surface area contributed by atoms with Crippen LogP contribution < -0.4 is 10.6 Å². The second-order valence-electron chi connectivity index (χ2n) is 5.51. The second-order valence-corrected chi connectivity index (χ2v) is 5.51. The average molecular weight is 297 g/mol. The standard InChI is InChI=1S/C18H23N3O/c1-4-5-6-18(22)21-16-9-10-17(19-12-16)20-15-8-7-13(2)14(3)11-15/h7-12H,4-6H2,1-3H3,(H,19,20)(H,21,22). The van der Waals surface area contributed by atoms with Gasteiger partial charge in [-0.1, -0.05) is 19.4 Å². The fourth-order valence-electron chi connectivity index (χ4n) is 2.07. The van der Waals surface area contributed by atoms with Gasteiger partial charge >= 0.3 is 0 Å². The minimum absolute atomic E-state index is 0.0403. The minimum Gasteiger partial charge on any atom is -0.340 e. The van der Waals surface area contributed by atoms with Crippen LogP contribution in [0.25, 0.3) is 0 Å². The number of aryl methyl sites for hydroxylation is 2. The van der Waals surface area contributed by atoms with Gasteiger partial charge in [0, 0.05) is 12.1 Å². The Morgan fingerprint density at radius 3 is 2.50 bits per heavy atom. The number of unbranched alkanes of at least 4 members (excludes halogenated alkanes) is 1. The van der Waals surface area contributed by atoms with E-state index in [9.17, 15) is 4.79 Å². The zero-order valence-corrected chi connectivity index (χ0v) is 13.4. The monoisotopic (exact) mass is 297 g/mol. The maximum absolute atomic E-state index is 11.7. The Morgan fingerprint density at radius 1 is 1.09 bits per heavy atom. The number of rotatable bonds is 6. The molecule has 1 aromatic heterocycles. The van der Waals surface area contributed by atoms with Crippen LogP contribution in [0.15, 0.2) is 36.5 Å². The fraction of sp³-hybridized carbons (Fsp3) is 0.333. The van der Waals surface area contributed by atoms with Crippen molar-refractivity contribution >= 4 is 23.1 Å². The normalized spacial score (nSPS) is 10.3. The van der Waals surface area contributed by atoms with Gasteiger partial charge in [0.2, 0.25) is 5.91 Å². The first-order chi connectivity index (χ1) is 10.6. The van der Waals surface area contributed by atoms with E-state index < -0.39 is 0 Å². The molecule has 1 aromatic carbocycles. The Kier molecular flexibility index (Phi) is 5.53. The van der Waals surface area contributed by atoms with Gasteiger partial charge < -0.3 is 10.6 Å². The molecule has 0 aliphatic rings. The van der Waals surface area contributed by atoms with Crippen LogP contribution in [0.5, 0.6) is 0 Å². The van der Waals surface area contributed by atoms with Crippen molar-refractivity contribution in [2.45, 2.75) is 40.0 Å². The number of nitrogens with one attached hydrogen (secondary N) is 2. The van der Waals surface area contributed by atoms with Gasteiger partial charge in [-0.05, 0) is 55.7 Å². The maximum atomic E-state index is 11.7. The second kappa shape index (κ2) is 7.59. The summed E-state index contributed by atoms with van der Waals surface area (Å²) in [4.78, 5) is 16.0. The molecule has 1 amide bonds. The third kappa shape index (κ3) is 4.58. The molecule has 0 aliphatic carbocycles. The van der Waals surface area contributed by atoms with Gasteiger partial charge in [0.05, 0.1) is 11.9 Å². The van der Waals surface area contributed by atoms with Crippen molar-refractivity contribution in [1.82, 2.24) is 4.98 Å². The van der Waals surface area contributed by atoms with Gasteiger partial charge in [-0.3, -0.25) is 4.79 Å². The lowest BCUT2D eigenvalue weighted by molar-refractivity contribution is -0.116. The van der Waals surface area contributed by atoms with Gasteiger partial charge in [0.15, 0.2) is 0 Å². The highest BCUT2D eigenvalue weighted by molar-refractivity contribution is 5.90. The summed E-state index contributed by atoms with van der Waals surface area (Å²) < 4.78 is 0. The summed E-state index contributed by atoms with van der Waals surface area (Å²) >= 11 is 0. The summed E-state index contributed by atoms with van der Waals surface area (Å²) in [6.07, 6.45) is 4.16. The van der Waals surface area contributed by atoms with Crippen molar-refractivity contribution in [3.8, 4) is 0 Å². The van der Waals surface area contributed by atoms with E-state index in [1.807, 2.05) is 18.2 Å². The Bertz CT molecular complexity index is 635. The first-order valence-corrected chi connectivity index (χ1v) is 7.68. The number of amides is 1. The van der Waals surface area contributed by atoms with Gasteiger partial charge in [-0.2, -0.15) is 0 Å². The molecule has 0 radical (unpaired) electrons. The van der Waals surface area contributed by atoms with E-state index in [0.29, 0.717) is 6.42 Å². The fourth-order valence-corrected chi connectivity index (χ4v) is 2.07. The molecule has 0 aliphatic heterocycles. The molecule has 2 rings (SSSR count). The zero-order chi connectivity index (χ0) is 15.9. The molecule has 0 spiro atoms. The topological polar surface area (TPSA) is 54.0 Å². The molecule has 2 N–H and O–H groups in total. The highest BCUT2D eigenvalue weighted by atomic mass is 16.1. The highest BCUT2D eigenvalue weighted by Gasteiger charge is 2.03. The Balaban J connectivity index is 1.96. The van der Waals surface area contributed by atoms with E-state index in [1.165, 1.54) is 11.1 Å². The summed E-state index contributed by atoms with van der Waals surface area (Å²) in [6.45, 7) is 6.25. The third-order valence-corrected chi connectivity index (χ3v) is 3.58. The van der Waals surface area contributed by atoms with E-state index in [-0.39, 0.29) is 5.91 Å². The number of anilines is 3. The van der Waals surface area contributed by atoms with Crippen LogP contribution in [-0.2, 0) is 4.79 Å². The summed E-state index contributed by atoms with van der Waals surface area (Å²) in [6, 6.07) is 9.94. The van der Waals surface area contributed by atoms with Gasteiger partial charge in [-0.15, -0.1) is 0 Å². The third-order valence-electron chi connectivity index (χ3n) is 3.58. The van der Waals surface area contributed by atoms with Crippen molar-refractivity contribution in [3.05, 3.63) is 47.7 Å². The SMILES string of the molecule is CCCCC(=O)Nc1ccc(Nc2ccc(C)c(C)c2)nc1. The highest BCUT2D eigenvalue weighted by Crippen LogP contribution is 2.19. The van der Waals surface area contributed by atoms with Crippen molar-refractivity contribution in [1.29, 1.82) is 0 Å². The molecule has 0 fully saturated rings. The molecular weight excluding hydrogens is 274 g/mol. The van der Waals surface area contributed by atoms with Crippen LogP contribution in [0.3, 0.4) is 0 Å². The predicted octanol–water partition coefficient (Wildman–Crippen LogP) is 4.57. The number of hydrogen-bond donors (Lipinski definition) is 2. The van der Waals surface area contributed by atoms with Crippen LogP contribution >= 0.6 is 0 Å². The lowest BCUT2D eigenvalue weighted by Crippen LogP contribution is -2.11. The molecule has 22 heavy (non-hydrogen) atoms. The molecule has 0 saturated heterocycles. The van der Waals surface area contributed by atoms with E-state index >= 15 is 0 Å². The van der Waals surface area contributed by atoms with E-state index in [2.05, 4.69) is 48.5 Å². The average Bonchev–Trinajstić information content (AvgIpc) is 2.51. The summed E-state index contributed by atoms with van der Waals surface area (Å²) in [5.41, 5.74) is 4.25. The van der Waals surface area contributed by atoms with Crippen LogP contribution in [0, 0.1) is 13.8 Å². The number of aromatic nitrogens is 1. The molecule has 0 unspecified atom stereocenters. The van der Waals surface area contributed by atoms with Crippen molar-refractivity contribution < 1.29 is 4.79 Å². The van der Waals surface area contributed by atoms with E-state index in [1.54, 1.807) is 6.20 Å². The first kappa shape index (κ1) is 16.0. The first-order valence-electron chi connectivity index (χ1n) is 7.68. The minimum atomic E-state index is 0.0403. The van der Waals surface area contributed by atoms with Crippen molar-refractivity contribution in [2.24, 2.45) is 0 Å². The smallest absolute Gasteiger partial charge is 0.224 e. The zero-order valence-electron chi connectivity index (χ0n) is 13.4.